The molecule has 1 heterocycles. The van der Waals surface area contributed by atoms with Crippen molar-refractivity contribution in [3.8, 4) is 5.75 Å². The summed E-state index contributed by atoms with van der Waals surface area (Å²) in [4.78, 5) is 4.50. The Labute approximate surface area is 130 Å². The first-order valence-electron chi connectivity index (χ1n) is 6.90. The van der Waals surface area contributed by atoms with Crippen LogP contribution < -0.4 is 10.1 Å². The highest BCUT2D eigenvalue weighted by Gasteiger charge is 2.31. The lowest BCUT2D eigenvalue weighted by Gasteiger charge is -2.12. The van der Waals surface area contributed by atoms with E-state index in [1.54, 1.807) is 6.07 Å². The van der Waals surface area contributed by atoms with Crippen LogP contribution in [0.5, 0.6) is 5.75 Å². The van der Waals surface area contributed by atoms with Crippen molar-refractivity contribution in [1.82, 2.24) is 4.98 Å². The molecule has 0 aliphatic rings. The number of benzene rings is 2. The van der Waals surface area contributed by atoms with Gasteiger partial charge >= 0.3 is 6.36 Å². The minimum Gasteiger partial charge on any atom is -0.406 e. The van der Waals surface area contributed by atoms with Crippen LogP contribution in [-0.2, 0) is 0 Å². The number of hydrogen-bond donors (Lipinski definition) is 1. The van der Waals surface area contributed by atoms with Crippen molar-refractivity contribution in [3.63, 3.8) is 0 Å². The molecule has 0 atom stereocenters. The quantitative estimate of drug-likeness (QED) is 0.722. The van der Waals surface area contributed by atoms with Gasteiger partial charge in [0.2, 0.25) is 0 Å². The van der Waals surface area contributed by atoms with Gasteiger partial charge in [-0.2, -0.15) is 0 Å². The van der Waals surface area contributed by atoms with Gasteiger partial charge in [-0.3, -0.25) is 0 Å². The number of aromatic nitrogens is 1. The highest BCUT2D eigenvalue weighted by molar-refractivity contribution is 5.82. The standard InChI is InChI=1S/C17H13F3N2O/c1-11-9-12-5-2-3-8-15(12)22-16(11)21-13-6-4-7-14(10-13)23-17(18,19)20/h2-10H,1H3,(H,21,22). The third-order valence-electron chi connectivity index (χ3n) is 3.24. The van der Waals surface area contributed by atoms with Gasteiger partial charge in [0, 0.05) is 17.1 Å². The molecule has 0 spiro atoms. The van der Waals surface area contributed by atoms with Crippen LogP contribution in [0.3, 0.4) is 0 Å². The number of anilines is 2. The van der Waals surface area contributed by atoms with Crippen LogP contribution in [0.2, 0.25) is 0 Å². The number of nitrogens with zero attached hydrogens (tertiary/aromatic N) is 1. The van der Waals surface area contributed by atoms with Gasteiger partial charge in [-0.05, 0) is 36.8 Å². The smallest absolute Gasteiger partial charge is 0.406 e. The van der Waals surface area contributed by atoms with Crippen molar-refractivity contribution in [2.24, 2.45) is 0 Å². The molecule has 3 nitrogen and oxygen atoms in total. The van der Waals surface area contributed by atoms with E-state index in [2.05, 4.69) is 15.0 Å². The number of aryl methyl sites for hydroxylation is 1. The predicted octanol–water partition coefficient (Wildman–Crippen LogP) is 5.19. The largest absolute Gasteiger partial charge is 0.573 e. The number of rotatable bonds is 3. The molecule has 0 amide bonds. The normalized spacial score (nSPS) is 11.5. The van der Waals surface area contributed by atoms with Crippen molar-refractivity contribution in [2.75, 3.05) is 5.32 Å². The van der Waals surface area contributed by atoms with E-state index in [-0.39, 0.29) is 5.75 Å². The van der Waals surface area contributed by atoms with Crippen LogP contribution in [0.15, 0.2) is 54.6 Å². The molecule has 1 N–H and O–H groups in total. The van der Waals surface area contributed by atoms with Crippen molar-refractivity contribution in [1.29, 1.82) is 0 Å². The summed E-state index contributed by atoms with van der Waals surface area (Å²) in [5.74, 6) is 0.314. The number of pyridine rings is 1. The number of fused-ring (bicyclic) bond motifs is 1. The first-order valence-corrected chi connectivity index (χ1v) is 6.90. The summed E-state index contributed by atoms with van der Waals surface area (Å²) < 4.78 is 40.8. The first-order chi connectivity index (χ1) is 10.9. The number of alkyl halides is 3. The van der Waals surface area contributed by atoms with Gasteiger partial charge in [0.05, 0.1) is 5.52 Å². The molecule has 3 rings (SSSR count). The minimum absolute atomic E-state index is 0.277. The first kappa shape index (κ1) is 15.1. The van der Waals surface area contributed by atoms with E-state index in [9.17, 15) is 13.2 Å². The monoisotopic (exact) mass is 318 g/mol. The van der Waals surface area contributed by atoms with Crippen LogP contribution in [0.4, 0.5) is 24.7 Å². The molecule has 0 saturated carbocycles. The molecule has 2 aromatic carbocycles. The van der Waals surface area contributed by atoms with Crippen molar-refractivity contribution in [3.05, 3.63) is 60.2 Å². The summed E-state index contributed by atoms with van der Waals surface area (Å²) >= 11 is 0. The third kappa shape index (κ3) is 3.71. The number of halogens is 3. The lowest BCUT2D eigenvalue weighted by atomic mass is 10.1. The fourth-order valence-corrected chi connectivity index (χ4v) is 2.26. The second kappa shape index (κ2) is 5.79. The Morgan fingerprint density at radius 1 is 1.00 bits per heavy atom. The zero-order valence-corrected chi connectivity index (χ0v) is 12.2. The maximum absolute atomic E-state index is 12.3. The highest BCUT2D eigenvalue weighted by atomic mass is 19.4. The fourth-order valence-electron chi connectivity index (χ4n) is 2.26. The van der Waals surface area contributed by atoms with Crippen molar-refractivity contribution < 1.29 is 17.9 Å². The Kier molecular flexibility index (Phi) is 3.82. The number of hydrogen-bond acceptors (Lipinski definition) is 3. The van der Waals surface area contributed by atoms with Crippen LogP contribution in [0, 0.1) is 6.92 Å². The Balaban J connectivity index is 1.90. The van der Waals surface area contributed by atoms with E-state index in [0.717, 1.165) is 16.5 Å². The Morgan fingerprint density at radius 3 is 2.57 bits per heavy atom. The SMILES string of the molecule is Cc1cc2ccccc2nc1Nc1cccc(OC(F)(F)F)c1. The number of para-hydroxylation sites is 1. The summed E-state index contributed by atoms with van der Waals surface area (Å²) in [5, 5.41) is 4.04. The van der Waals surface area contributed by atoms with E-state index >= 15 is 0 Å². The Bertz CT molecular complexity index is 847. The Morgan fingerprint density at radius 2 is 1.78 bits per heavy atom. The average molecular weight is 318 g/mol. The topological polar surface area (TPSA) is 34.2 Å². The molecule has 23 heavy (non-hydrogen) atoms. The fraction of sp³-hybridized carbons (Fsp3) is 0.118. The van der Waals surface area contributed by atoms with E-state index in [0.29, 0.717) is 11.5 Å². The Hall–Kier alpha value is -2.76. The molecule has 0 aliphatic heterocycles. The maximum Gasteiger partial charge on any atom is 0.573 e. The maximum atomic E-state index is 12.3. The second-order valence-corrected chi connectivity index (χ2v) is 5.05. The molecule has 6 heteroatoms. The van der Waals surface area contributed by atoms with Gasteiger partial charge in [0.25, 0.3) is 0 Å². The summed E-state index contributed by atoms with van der Waals surface area (Å²) in [6.45, 7) is 1.89. The number of ether oxygens (including phenoxy) is 1. The van der Waals surface area contributed by atoms with Crippen LogP contribution in [0.25, 0.3) is 10.9 Å². The molecule has 0 radical (unpaired) electrons. The summed E-state index contributed by atoms with van der Waals surface area (Å²) in [6, 6.07) is 15.3. The highest BCUT2D eigenvalue weighted by Crippen LogP contribution is 2.28. The third-order valence-corrected chi connectivity index (χ3v) is 3.24. The molecule has 0 fully saturated rings. The van der Waals surface area contributed by atoms with E-state index in [1.165, 1.54) is 18.2 Å². The average Bonchev–Trinajstić information content (AvgIpc) is 2.46. The zero-order chi connectivity index (χ0) is 16.4. The molecular weight excluding hydrogens is 305 g/mol. The van der Waals surface area contributed by atoms with Gasteiger partial charge in [-0.1, -0.05) is 24.3 Å². The lowest BCUT2D eigenvalue weighted by molar-refractivity contribution is -0.274. The molecule has 0 saturated heterocycles. The van der Waals surface area contributed by atoms with Gasteiger partial charge in [-0.15, -0.1) is 13.2 Å². The number of nitrogens with one attached hydrogen (secondary N) is 1. The van der Waals surface area contributed by atoms with Crippen LogP contribution in [0.1, 0.15) is 5.56 Å². The molecule has 1 aromatic heterocycles. The van der Waals surface area contributed by atoms with Crippen LogP contribution in [-0.4, -0.2) is 11.3 Å². The van der Waals surface area contributed by atoms with Gasteiger partial charge in [-0.25, -0.2) is 4.98 Å². The second-order valence-electron chi connectivity index (χ2n) is 5.05. The van der Waals surface area contributed by atoms with Crippen molar-refractivity contribution in [2.45, 2.75) is 13.3 Å². The predicted molar refractivity (Wildman–Crippen MR) is 82.9 cm³/mol. The molecule has 0 aliphatic carbocycles. The molecule has 118 valence electrons. The molecular formula is C17H13F3N2O. The molecule has 3 aromatic rings. The molecule has 0 bridgehead atoms. The summed E-state index contributed by atoms with van der Waals surface area (Å²) in [6.07, 6.45) is -4.71. The van der Waals surface area contributed by atoms with E-state index in [4.69, 9.17) is 0 Å². The van der Waals surface area contributed by atoms with Gasteiger partial charge < -0.3 is 10.1 Å². The lowest BCUT2D eigenvalue weighted by Crippen LogP contribution is -2.17. The summed E-state index contributed by atoms with van der Waals surface area (Å²) in [7, 11) is 0. The van der Waals surface area contributed by atoms with E-state index in [1.807, 2.05) is 37.3 Å². The van der Waals surface area contributed by atoms with Gasteiger partial charge in [0.15, 0.2) is 0 Å². The molecule has 0 unspecified atom stereocenters. The minimum atomic E-state index is -4.71. The van der Waals surface area contributed by atoms with E-state index < -0.39 is 6.36 Å². The summed E-state index contributed by atoms with van der Waals surface area (Å²) in [5.41, 5.74) is 2.17. The zero-order valence-electron chi connectivity index (χ0n) is 12.2. The van der Waals surface area contributed by atoms with Crippen molar-refractivity contribution >= 4 is 22.4 Å². The van der Waals surface area contributed by atoms with Crippen LogP contribution >= 0.6 is 0 Å². The van der Waals surface area contributed by atoms with Gasteiger partial charge in [0.1, 0.15) is 11.6 Å².